The summed E-state index contributed by atoms with van der Waals surface area (Å²) in [5.41, 5.74) is 1.81. The van der Waals surface area contributed by atoms with E-state index in [-0.39, 0.29) is 25.9 Å². The van der Waals surface area contributed by atoms with E-state index in [1.165, 1.54) is 0 Å². The van der Waals surface area contributed by atoms with Gasteiger partial charge in [-0.25, -0.2) is 4.79 Å². The lowest BCUT2D eigenvalue weighted by molar-refractivity contribution is -0.147. The van der Waals surface area contributed by atoms with Gasteiger partial charge in [-0.1, -0.05) is 18.2 Å². The zero-order valence-corrected chi connectivity index (χ0v) is 13.4. The predicted molar refractivity (Wildman–Crippen MR) is 87.4 cm³/mol. The van der Waals surface area contributed by atoms with E-state index >= 15 is 0 Å². The van der Waals surface area contributed by atoms with Crippen LogP contribution in [0.2, 0.25) is 0 Å². The van der Waals surface area contributed by atoms with E-state index in [1.807, 2.05) is 24.3 Å². The number of carboxylic acid groups (broad SMARTS) is 1. The Bertz CT molecular complexity index is 737. The van der Waals surface area contributed by atoms with E-state index < -0.39 is 23.9 Å². The van der Waals surface area contributed by atoms with E-state index in [4.69, 9.17) is 9.84 Å². The molecule has 0 saturated heterocycles. The Morgan fingerprint density at radius 1 is 1.25 bits per heavy atom. The molecule has 24 heavy (non-hydrogen) atoms. The van der Waals surface area contributed by atoms with E-state index in [1.54, 1.807) is 13.1 Å². The van der Waals surface area contributed by atoms with Crippen LogP contribution in [-0.4, -0.2) is 40.6 Å². The number of esters is 1. The van der Waals surface area contributed by atoms with Gasteiger partial charge < -0.3 is 20.1 Å². The van der Waals surface area contributed by atoms with Crippen LogP contribution in [0.3, 0.4) is 0 Å². The number of amides is 1. The number of aromatic nitrogens is 1. The molecule has 0 spiro atoms. The molecule has 0 aliphatic carbocycles. The van der Waals surface area contributed by atoms with Crippen LogP contribution in [0.4, 0.5) is 0 Å². The van der Waals surface area contributed by atoms with Gasteiger partial charge in [0.05, 0.1) is 13.0 Å². The van der Waals surface area contributed by atoms with Crippen LogP contribution in [-0.2, 0) is 25.5 Å². The third kappa shape index (κ3) is 4.58. The fourth-order valence-electron chi connectivity index (χ4n) is 2.44. The van der Waals surface area contributed by atoms with Crippen LogP contribution in [0.1, 0.15) is 25.3 Å². The first-order chi connectivity index (χ1) is 11.5. The number of nitrogens with one attached hydrogen (secondary N) is 2. The average molecular weight is 332 g/mol. The maximum absolute atomic E-state index is 12.1. The fraction of sp³-hybridized carbons (Fsp3) is 0.353. The van der Waals surface area contributed by atoms with Crippen LogP contribution < -0.4 is 5.32 Å². The Balaban J connectivity index is 2.12. The SMILES string of the molecule is CCOC(=O)C(Cc1c[nH]c2ccccc12)NC(=O)CCC(=O)O. The summed E-state index contributed by atoms with van der Waals surface area (Å²) >= 11 is 0. The fourth-order valence-corrected chi connectivity index (χ4v) is 2.44. The zero-order valence-electron chi connectivity index (χ0n) is 13.4. The largest absolute Gasteiger partial charge is 0.481 e. The van der Waals surface area contributed by atoms with Crippen LogP contribution in [0, 0.1) is 0 Å². The molecule has 7 heteroatoms. The van der Waals surface area contributed by atoms with Crippen molar-refractivity contribution in [2.24, 2.45) is 0 Å². The van der Waals surface area contributed by atoms with E-state index in [2.05, 4.69) is 10.3 Å². The average Bonchev–Trinajstić information content (AvgIpc) is 2.96. The second-order valence-corrected chi connectivity index (χ2v) is 5.33. The molecule has 0 saturated carbocycles. The van der Waals surface area contributed by atoms with Crippen LogP contribution in [0.25, 0.3) is 10.9 Å². The standard InChI is InChI=1S/C17H20N2O5/c1-2-24-17(23)14(19-15(20)7-8-16(21)22)9-11-10-18-13-6-4-3-5-12(11)13/h3-6,10,14,18H,2,7-9H2,1H3,(H,19,20)(H,21,22). The summed E-state index contributed by atoms with van der Waals surface area (Å²) in [6.07, 6.45) is 1.59. The van der Waals surface area contributed by atoms with Crippen LogP contribution in [0.5, 0.6) is 0 Å². The van der Waals surface area contributed by atoms with E-state index in [0.717, 1.165) is 16.5 Å². The van der Waals surface area contributed by atoms with Crippen molar-refractivity contribution in [3.8, 4) is 0 Å². The number of benzene rings is 1. The normalized spacial score (nSPS) is 11.9. The van der Waals surface area contributed by atoms with Crippen molar-refractivity contribution >= 4 is 28.7 Å². The molecular weight excluding hydrogens is 312 g/mol. The van der Waals surface area contributed by atoms with Gasteiger partial charge >= 0.3 is 11.9 Å². The Hall–Kier alpha value is -2.83. The van der Waals surface area contributed by atoms with E-state index in [9.17, 15) is 14.4 Å². The molecule has 0 fully saturated rings. The molecule has 1 heterocycles. The number of aliphatic carboxylic acids is 1. The lowest BCUT2D eigenvalue weighted by Gasteiger charge is -2.17. The minimum atomic E-state index is -1.06. The number of hydrogen-bond donors (Lipinski definition) is 3. The highest BCUT2D eigenvalue weighted by Crippen LogP contribution is 2.19. The monoisotopic (exact) mass is 332 g/mol. The first-order valence-corrected chi connectivity index (χ1v) is 7.74. The number of carbonyl (C=O) groups excluding carboxylic acids is 2. The molecule has 1 aromatic carbocycles. The highest BCUT2D eigenvalue weighted by molar-refractivity contribution is 5.88. The van der Waals surface area contributed by atoms with Gasteiger partial charge in [0.2, 0.25) is 5.91 Å². The zero-order chi connectivity index (χ0) is 17.5. The Kier molecular flexibility index (Phi) is 5.95. The maximum atomic E-state index is 12.1. The molecule has 1 amide bonds. The number of fused-ring (bicyclic) bond motifs is 1. The number of rotatable bonds is 8. The molecule has 0 radical (unpaired) electrons. The molecule has 0 bridgehead atoms. The smallest absolute Gasteiger partial charge is 0.328 e. The number of H-pyrrole nitrogens is 1. The first kappa shape index (κ1) is 17.5. The molecule has 0 aliphatic rings. The van der Waals surface area contributed by atoms with Gasteiger partial charge in [-0.05, 0) is 18.6 Å². The van der Waals surface area contributed by atoms with Gasteiger partial charge in [0.15, 0.2) is 0 Å². The van der Waals surface area contributed by atoms with Crippen molar-refractivity contribution in [3.05, 3.63) is 36.0 Å². The second-order valence-electron chi connectivity index (χ2n) is 5.33. The third-order valence-corrected chi connectivity index (χ3v) is 3.57. The second kappa shape index (κ2) is 8.14. The quantitative estimate of drug-likeness (QED) is 0.637. The maximum Gasteiger partial charge on any atom is 0.328 e. The van der Waals surface area contributed by atoms with Crippen molar-refractivity contribution in [3.63, 3.8) is 0 Å². The molecule has 1 atom stereocenters. The summed E-state index contributed by atoms with van der Waals surface area (Å²) in [7, 11) is 0. The molecule has 0 aliphatic heterocycles. The minimum absolute atomic E-state index is 0.181. The summed E-state index contributed by atoms with van der Waals surface area (Å²) in [5.74, 6) is -2.09. The summed E-state index contributed by atoms with van der Waals surface area (Å²) in [4.78, 5) is 37.7. The number of hydrogen-bond acceptors (Lipinski definition) is 4. The predicted octanol–water partition coefficient (Wildman–Crippen LogP) is 1.62. The van der Waals surface area contributed by atoms with E-state index in [0.29, 0.717) is 0 Å². The van der Waals surface area contributed by atoms with Crippen molar-refractivity contribution < 1.29 is 24.2 Å². The number of ether oxygens (including phenoxy) is 1. The Labute approximate surface area is 139 Å². The Morgan fingerprint density at radius 2 is 2.00 bits per heavy atom. The number of carboxylic acids is 1. The number of aromatic amines is 1. The van der Waals surface area contributed by atoms with Crippen LogP contribution >= 0.6 is 0 Å². The molecule has 3 N–H and O–H groups in total. The molecule has 2 aromatic rings. The molecule has 128 valence electrons. The van der Waals surface area contributed by atoms with Gasteiger partial charge in [-0.2, -0.15) is 0 Å². The lowest BCUT2D eigenvalue weighted by atomic mass is 10.0. The highest BCUT2D eigenvalue weighted by atomic mass is 16.5. The van der Waals surface area contributed by atoms with Gasteiger partial charge in [0.1, 0.15) is 6.04 Å². The summed E-state index contributed by atoms with van der Waals surface area (Å²) < 4.78 is 5.01. The number of para-hydroxylation sites is 1. The summed E-state index contributed by atoms with van der Waals surface area (Å²) in [6, 6.07) is 6.79. The van der Waals surface area contributed by atoms with Crippen molar-refractivity contribution in [2.75, 3.05) is 6.61 Å². The highest BCUT2D eigenvalue weighted by Gasteiger charge is 2.23. The molecule has 7 nitrogen and oxygen atoms in total. The van der Waals surface area contributed by atoms with Gasteiger partial charge in [-0.15, -0.1) is 0 Å². The minimum Gasteiger partial charge on any atom is -0.481 e. The summed E-state index contributed by atoms with van der Waals surface area (Å²) in [6.45, 7) is 1.89. The Morgan fingerprint density at radius 3 is 2.71 bits per heavy atom. The molecule has 1 unspecified atom stereocenters. The first-order valence-electron chi connectivity index (χ1n) is 7.74. The number of carbonyl (C=O) groups is 3. The van der Waals surface area contributed by atoms with Crippen molar-refractivity contribution in [1.29, 1.82) is 0 Å². The molecule has 1 aromatic heterocycles. The lowest BCUT2D eigenvalue weighted by Crippen LogP contribution is -2.43. The molecular formula is C17H20N2O5. The van der Waals surface area contributed by atoms with Gasteiger partial charge in [0.25, 0.3) is 0 Å². The van der Waals surface area contributed by atoms with Gasteiger partial charge in [0, 0.05) is 29.9 Å². The topological polar surface area (TPSA) is 108 Å². The van der Waals surface area contributed by atoms with Crippen molar-refractivity contribution in [1.82, 2.24) is 10.3 Å². The third-order valence-electron chi connectivity index (χ3n) is 3.57. The van der Waals surface area contributed by atoms with Gasteiger partial charge in [-0.3, -0.25) is 9.59 Å². The van der Waals surface area contributed by atoms with Crippen LogP contribution in [0.15, 0.2) is 30.5 Å². The summed E-state index contributed by atoms with van der Waals surface area (Å²) in [5, 5.41) is 12.2. The molecule has 2 rings (SSSR count). The van der Waals surface area contributed by atoms with Crippen molar-refractivity contribution in [2.45, 2.75) is 32.2 Å².